The van der Waals surface area contributed by atoms with Crippen LogP contribution in [0.2, 0.25) is 10.0 Å². The number of hydrogen-bond acceptors (Lipinski definition) is 4. The van der Waals surface area contributed by atoms with Crippen LogP contribution in [0.1, 0.15) is 12.0 Å². The first kappa shape index (κ1) is 14.3. The number of hydrogen-bond donors (Lipinski definition) is 0. The van der Waals surface area contributed by atoms with Crippen LogP contribution < -0.4 is 0 Å². The van der Waals surface area contributed by atoms with Crippen molar-refractivity contribution in [3.05, 3.63) is 37.9 Å². The van der Waals surface area contributed by atoms with E-state index in [4.69, 9.17) is 23.2 Å². The zero-order valence-electron chi connectivity index (χ0n) is 9.20. The smallest absolute Gasteiger partial charge is 0.317 e. The molecule has 0 aliphatic rings. The topological polar surface area (TPSA) is 69.4 Å². The maximum Gasteiger partial charge on any atom is 0.317 e. The number of nitro groups is 1. The zero-order valence-corrected chi connectivity index (χ0v) is 10.7. The van der Waals surface area contributed by atoms with E-state index in [1.54, 1.807) is 0 Å². The molecular formula is C11H7Cl2NO4. The lowest BCUT2D eigenvalue weighted by atomic mass is 10.2. The quantitative estimate of drug-likeness (QED) is 0.363. The second kappa shape index (κ2) is 6.24. The predicted molar refractivity (Wildman–Crippen MR) is 66.6 cm³/mol. The van der Waals surface area contributed by atoms with E-state index in [0.717, 1.165) is 6.07 Å². The Labute approximate surface area is 113 Å². The molecule has 0 heterocycles. The van der Waals surface area contributed by atoms with E-state index >= 15 is 0 Å². The average molecular weight is 288 g/mol. The Kier molecular flexibility index (Phi) is 4.95. The van der Waals surface area contributed by atoms with Crippen molar-refractivity contribution in [1.29, 1.82) is 0 Å². The second-order valence-electron chi connectivity index (χ2n) is 3.10. The van der Waals surface area contributed by atoms with Crippen LogP contribution in [-0.4, -0.2) is 18.0 Å². The molecule has 0 aromatic heterocycles. The molecule has 0 atom stereocenters. The minimum Gasteiger partial charge on any atom is -0.468 e. The van der Waals surface area contributed by atoms with Gasteiger partial charge in [-0.25, -0.2) is 0 Å². The largest absolute Gasteiger partial charge is 0.468 e. The van der Waals surface area contributed by atoms with Gasteiger partial charge in [0.15, 0.2) is 0 Å². The van der Waals surface area contributed by atoms with Crippen LogP contribution >= 0.6 is 23.2 Å². The Balaban J connectivity index is 3.11. The Bertz CT molecular complexity index is 560. The van der Waals surface area contributed by atoms with Gasteiger partial charge in [0, 0.05) is 6.07 Å². The van der Waals surface area contributed by atoms with Gasteiger partial charge < -0.3 is 4.74 Å². The predicted octanol–water partition coefficient (Wildman–Crippen LogP) is 2.82. The molecule has 0 unspecified atom stereocenters. The molecular weight excluding hydrogens is 281 g/mol. The molecule has 0 saturated carbocycles. The highest BCUT2D eigenvalue weighted by molar-refractivity contribution is 6.42. The van der Waals surface area contributed by atoms with Crippen molar-refractivity contribution in [3.8, 4) is 11.8 Å². The van der Waals surface area contributed by atoms with Crippen LogP contribution in [0.5, 0.6) is 0 Å². The summed E-state index contributed by atoms with van der Waals surface area (Å²) >= 11 is 11.4. The second-order valence-corrected chi connectivity index (χ2v) is 3.91. The van der Waals surface area contributed by atoms with Gasteiger partial charge in [0.2, 0.25) is 0 Å². The van der Waals surface area contributed by atoms with E-state index in [1.807, 2.05) is 0 Å². The molecule has 7 heteroatoms. The van der Waals surface area contributed by atoms with Crippen molar-refractivity contribution in [2.24, 2.45) is 0 Å². The molecule has 18 heavy (non-hydrogen) atoms. The van der Waals surface area contributed by atoms with E-state index in [-0.39, 0.29) is 27.7 Å². The third-order valence-electron chi connectivity index (χ3n) is 1.92. The molecule has 0 radical (unpaired) electrons. The normalized spacial score (nSPS) is 9.28. The summed E-state index contributed by atoms with van der Waals surface area (Å²) < 4.78 is 4.39. The van der Waals surface area contributed by atoms with Gasteiger partial charge in [0.25, 0.3) is 5.69 Å². The van der Waals surface area contributed by atoms with Crippen molar-refractivity contribution in [2.45, 2.75) is 6.42 Å². The highest BCUT2D eigenvalue weighted by atomic mass is 35.5. The fourth-order valence-electron chi connectivity index (χ4n) is 1.07. The van der Waals surface area contributed by atoms with Crippen LogP contribution in [0.25, 0.3) is 0 Å². The van der Waals surface area contributed by atoms with Crippen LogP contribution in [0, 0.1) is 22.0 Å². The summed E-state index contributed by atoms with van der Waals surface area (Å²) in [6.07, 6.45) is -0.159. The van der Waals surface area contributed by atoms with Gasteiger partial charge in [0.1, 0.15) is 12.0 Å². The van der Waals surface area contributed by atoms with Gasteiger partial charge in [-0.3, -0.25) is 14.9 Å². The van der Waals surface area contributed by atoms with Gasteiger partial charge in [-0.15, -0.1) is 0 Å². The molecule has 1 rings (SSSR count). The maximum absolute atomic E-state index is 10.8. The fourth-order valence-corrected chi connectivity index (χ4v) is 1.39. The molecule has 0 aliphatic carbocycles. The number of nitrogens with zero attached hydrogens (tertiary/aromatic N) is 1. The van der Waals surface area contributed by atoms with E-state index in [2.05, 4.69) is 16.6 Å². The summed E-state index contributed by atoms with van der Waals surface area (Å²) in [6.45, 7) is 0. The highest BCUT2D eigenvalue weighted by Gasteiger charge is 2.15. The minimum absolute atomic E-state index is 0.0712. The lowest BCUT2D eigenvalue weighted by Crippen LogP contribution is -1.97. The summed E-state index contributed by atoms with van der Waals surface area (Å²) in [4.78, 5) is 21.0. The van der Waals surface area contributed by atoms with Gasteiger partial charge in [0.05, 0.1) is 22.1 Å². The fraction of sp³-hybridized carbons (Fsp3) is 0.182. The van der Waals surface area contributed by atoms with Crippen molar-refractivity contribution in [3.63, 3.8) is 0 Å². The number of benzene rings is 1. The Morgan fingerprint density at radius 2 is 2.06 bits per heavy atom. The summed E-state index contributed by atoms with van der Waals surface area (Å²) in [5.41, 5.74) is -0.167. The Hall–Kier alpha value is -1.77. The average Bonchev–Trinajstić information content (AvgIpc) is 2.32. The summed E-state index contributed by atoms with van der Waals surface area (Å²) in [6, 6.07) is 2.40. The van der Waals surface area contributed by atoms with Crippen LogP contribution in [0.3, 0.4) is 0 Å². The molecule has 1 aromatic rings. The molecule has 1 aromatic carbocycles. The number of halogens is 2. The number of rotatable bonds is 2. The third kappa shape index (κ3) is 3.62. The van der Waals surface area contributed by atoms with Gasteiger partial charge >= 0.3 is 5.97 Å². The van der Waals surface area contributed by atoms with Crippen molar-refractivity contribution in [1.82, 2.24) is 0 Å². The van der Waals surface area contributed by atoms with Crippen molar-refractivity contribution >= 4 is 34.9 Å². The molecule has 5 nitrogen and oxygen atoms in total. The lowest BCUT2D eigenvalue weighted by molar-refractivity contribution is -0.385. The Morgan fingerprint density at radius 3 is 2.61 bits per heavy atom. The number of esters is 1. The first-order valence-electron chi connectivity index (χ1n) is 4.65. The molecule has 0 amide bonds. The van der Waals surface area contributed by atoms with Crippen LogP contribution in [0.4, 0.5) is 5.69 Å². The molecule has 0 N–H and O–H groups in total. The molecule has 0 bridgehead atoms. The lowest BCUT2D eigenvalue weighted by Gasteiger charge is -1.99. The number of carbonyl (C=O) groups excluding carboxylic acids is 1. The van der Waals surface area contributed by atoms with E-state index < -0.39 is 10.9 Å². The van der Waals surface area contributed by atoms with Crippen molar-refractivity contribution < 1.29 is 14.5 Å². The standard InChI is InChI=1S/C11H7Cl2NO4/c1-18-11(15)4-2-3-7-5-8(12)9(13)6-10(7)14(16)17/h5-6H,4H2,1H3. The van der Waals surface area contributed by atoms with E-state index in [9.17, 15) is 14.9 Å². The summed E-state index contributed by atoms with van der Waals surface area (Å²) in [7, 11) is 1.23. The van der Waals surface area contributed by atoms with Crippen molar-refractivity contribution in [2.75, 3.05) is 7.11 Å². The van der Waals surface area contributed by atoms with Gasteiger partial charge in [-0.05, 0) is 6.07 Å². The van der Waals surface area contributed by atoms with E-state index in [0.29, 0.717) is 0 Å². The first-order chi connectivity index (χ1) is 8.45. The molecule has 0 saturated heterocycles. The molecule has 0 aliphatic heterocycles. The number of carbonyl (C=O) groups is 1. The van der Waals surface area contributed by atoms with Gasteiger partial charge in [-0.2, -0.15) is 0 Å². The molecule has 94 valence electrons. The maximum atomic E-state index is 10.8. The van der Waals surface area contributed by atoms with Crippen LogP contribution in [0.15, 0.2) is 12.1 Å². The number of ether oxygens (including phenoxy) is 1. The van der Waals surface area contributed by atoms with Gasteiger partial charge in [-0.1, -0.05) is 35.0 Å². The highest BCUT2D eigenvalue weighted by Crippen LogP contribution is 2.29. The minimum atomic E-state index is -0.621. The molecule has 0 spiro atoms. The third-order valence-corrected chi connectivity index (χ3v) is 2.64. The summed E-state index contributed by atoms with van der Waals surface area (Å²) in [5, 5.41) is 11.0. The monoisotopic (exact) mass is 287 g/mol. The number of methoxy groups -OCH3 is 1. The van der Waals surface area contributed by atoms with Crippen LogP contribution in [-0.2, 0) is 9.53 Å². The first-order valence-corrected chi connectivity index (χ1v) is 5.40. The Morgan fingerprint density at radius 1 is 1.44 bits per heavy atom. The van der Waals surface area contributed by atoms with E-state index in [1.165, 1.54) is 13.2 Å². The zero-order chi connectivity index (χ0) is 13.7. The summed E-state index contributed by atoms with van der Waals surface area (Å²) in [5.74, 6) is 4.43. The SMILES string of the molecule is COC(=O)CC#Cc1cc(Cl)c(Cl)cc1[N+](=O)[O-]. The molecule has 0 fully saturated rings. The number of nitro benzene ring substituents is 1.